The maximum absolute atomic E-state index is 13.9. The van der Waals surface area contributed by atoms with Crippen molar-refractivity contribution in [3.05, 3.63) is 70.7 Å². The third-order valence-electron chi connectivity index (χ3n) is 4.68. The number of amides is 2. The van der Waals surface area contributed by atoms with Crippen molar-refractivity contribution in [3.8, 4) is 10.6 Å². The first kappa shape index (κ1) is 19.2. The van der Waals surface area contributed by atoms with Crippen LogP contribution < -0.4 is 10.6 Å². The van der Waals surface area contributed by atoms with Crippen molar-refractivity contribution in [1.29, 1.82) is 0 Å². The molecule has 0 radical (unpaired) electrons. The highest BCUT2D eigenvalue weighted by Crippen LogP contribution is 2.30. The first-order valence-electron chi connectivity index (χ1n) is 9.12. The lowest BCUT2D eigenvalue weighted by atomic mass is 9.97. The van der Waals surface area contributed by atoms with Crippen molar-refractivity contribution in [3.63, 3.8) is 0 Å². The number of hydrogen-bond acceptors (Lipinski definition) is 4. The maximum Gasteiger partial charge on any atom is 0.267 e. The van der Waals surface area contributed by atoms with Crippen LogP contribution in [0, 0.1) is 11.6 Å². The summed E-state index contributed by atoms with van der Waals surface area (Å²) in [5.41, 5.74) is 1.24. The van der Waals surface area contributed by atoms with E-state index in [-0.39, 0.29) is 27.4 Å². The van der Waals surface area contributed by atoms with Crippen LogP contribution in [0.25, 0.3) is 10.6 Å². The average molecular weight is 413 g/mol. The molecule has 4 rings (SSSR count). The molecule has 2 N–H and O–H groups in total. The molecule has 1 unspecified atom stereocenters. The van der Waals surface area contributed by atoms with Crippen molar-refractivity contribution in [1.82, 2.24) is 10.3 Å². The largest absolute Gasteiger partial charge is 0.349 e. The van der Waals surface area contributed by atoms with E-state index in [2.05, 4.69) is 15.6 Å². The maximum atomic E-state index is 13.9. The van der Waals surface area contributed by atoms with Crippen molar-refractivity contribution >= 4 is 28.8 Å². The Hall–Kier alpha value is -3.13. The molecule has 0 saturated carbocycles. The number of anilines is 1. The molecule has 0 spiro atoms. The van der Waals surface area contributed by atoms with Gasteiger partial charge in [0.2, 0.25) is 5.91 Å². The highest BCUT2D eigenvalue weighted by Gasteiger charge is 2.21. The number of benzene rings is 2. The van der Waals surface area contributed by atoms with Gasteiger partial charge in [0.1, 0.15) is 21.5 Å². The number of nitrogens with zero attached hydrogens (tertiary/aromatic N) is 1. The van der Waals surface area contributed by atoms with Gasteiger partial charge < -0.3 is 10.6 Å². The number of thiazole rings is 1. The lowest BCUT2D eigenvalue weighted by molar-refractivity contribution is -0.123. The van der Waals surface area contributed by atoms with Gasteiger partial charge in [-0.15, -0.1) is 11.3 Å². The summed E-state index contributed by atoms with van der Waals surface area (Å²) in [6.45, 7) is 0. The smallest absolute Gasteiger partial charge is 0.267 e. The second-order valence-corrected chi connectivity index (χ2v) is 7.75. The van der Waals surface area contributed by atoms with E-state index in [0.29, 0.717) is 12.1 Å². The third-order valence-corrected chi connectivity index (χ3v) is 5.70. The van der Waals surface area contributed by atoms with Gasteiger partial charge in [-0.1, -0.05) is 18.2 Å². The number of rotatable bonds is 4. The van der Waals surface area contributed by atoms with Gasteiger partial charge in [0, 0.05) is 12.1 Å². The van der Waals surface area contributed by atoms with E-state index in [4.69, 9.17) is 0 Å². The lowest BCUT2D eigenvalue weighted by Gasteiger charge is -2.24. The number of piperidine rings is 1. The molecular weight excluding hydrogens is 396 g/mol. The standard InChI is InChI=1S/C21H17F2N3O2S/c22-14-6-2-7-15(23)19(14)21-24-11-17(29-21)20(28)25-13-5-1-4-12(10-13)16-8-3-9-18(27)26-16/h1-2,4-7,10-11,16H,3,8-9H2,(H,25,28)(H,26,27). The Bertz CT molecular complexity index is 1060. The van der Waals surface area contributed by atoms with Crippen LogP contribution in [0.4, 0.5) is 14.5 Å². The molecule has 0 aliphatic carbocycles. The van der Waals surface area contributed by atoms with Gasteiger partial charge in [-0.05, 0) is 42.7 Å². The summed E-state index contributed by atoms with van der Waals surface area (Å²) in [5, 5.41) is 5.82. The summed E-state index contributed by atoms with van der Waals surface area (Å²) >= 11 is 0.914. The van der Waals surface area contributed by atoms with E-state index in [1.807, 2.05) is 12.1 Å². The molecule has 3 aromatic rings. The fraction of sp³-hybridized carbons (Fsp3) is 0.190. The third kappa shape index (κ3) is 4.17. The van der Waals surface area contributed by atoms with Crippen LogP contribution >= 0.6 is 11.3 Å². The predicted molar refractivity (Wildman–Crippen MR) is 107 cm³/mol. The monoisotopic (exact) mass is 413 g/mol. The SMILES string of the molecule is O=C1CCCC(c2cccc(NC(=O)c3cnc(-c4c(F)cccc4F)s3)c2)N1. The molecule has 2 aromatic carbocycles. The Labute approximate surface area is 169 Å². The topological polar surface area (TPSA) is 71.1 Å². The Kier molecular flexibility index (Phi) is 5.35. The lowest BCUT2D eigenvalue weighted by Crippen LogP contribution is -2.32. The Morgan fingerprint density at radius 2 is 1.93 bits per heavy atom. The fourth-order valence-corrected chi connectivity index (χ4v) is 4.14. The van der Waals surface area contributed by atoms with E-state index in [0.717, 1.165) is 41.9 Å². The summed E-state index contributed by atoms with van der Waals surface area (Å²) in [7, 11) is 0. The van der Waals surface area contributed by atoms with Crippen LogP contribution in [0.1, 0.15) is 40.5 Å². The number of carbonyl (C=O) groups is 2. The number of carbonyl (C=O) groups excluding carboxylic acids is 2. The number of aromatic nitrogens is 1. The summed E-state index contributed by atoms with van der Waals surface area (Å²) in [4.78, 5) is 28.4. The van der Waals surface area contributed by atoms with Gasteiger partial charge in [0.25, 0.3) is 5.91 Å². The molecule has 1 aliphatic heterocycles. The molecule has 2 heterocycles. The average Bonchev–Trinajstić information content (AvgIpc) is 3.18. The van der Waals surface area contributed by atoms with Crippen LogP contribution in [-0.4, -0.2) is 16.8 Å². The normalized spacial score (nSPS) is 16.3. The molecule has 1 saturated heterocycles. The second kappa shape index (κ2) is 8.08. The molecule has 1 aliphatic rings. The van der Waals surface area contributed by atoms with Gasteiger partial charge in [0.05, 0.1) is 17.8 Å². The van der Waals surface area contributed by atoms with Crippen LogP contribution in [0.3, 0.4) is 0 Å². The van der Waals surface area contributed by atoms with E-state index >= 15 is 0 Å². The van der Waals surface area contributed by atoms with E-state index < -0.39 is 17.5 Å². The highest BCUT2D eigenvalue weighted by atomic mass is 32.1. The minimum atomic E-state index is -0.728. The molecule has 0 bridgehead atoms. The van der Waals surface area contributed by atoms with Crippen molar-refractivity contribution in [2.24, 2.45) is 0 Å². The van der Waals surface area contributed by atoms with Crippen LogP contribution in [-0.2, 0) is 4.79 Å². The number of hydrogen-bond donors (Lipinski definition) is 2. The molecule has 29 heavy (non-hydrogen) atoms. The zero-order valence-corrected chi connectivity index (χ0v) is 16.1. The first-order chi connectivity index (χ1) is 14.0. The summed E-state index contributed by atoms with van der Waals surface area (Å²) in [5.74, 6) is -1.86. The van der Waals surface area contributed by atoms with Crippen LogP contribution in [0.5, 0.6) is 0 Å². The Morgan fingerprint density at radius 3 is 2.69 bits per heavy atom. The molecule has 2 amide bonds. The quantitative estimate of drug-likeness (QED) is 0.652. The summed E-state index contributed by atoms with van der Waals surface area (Å²) < 4.78 is 27.9. The molecular formula is C21H17F2N3O2S. The van der Waals surface area contributed by atoms with Gasteiger partial charge in [-0.3, -0.25) is 9.59 Å². The minimum Gasteiger partial charge on any atom is -0.349 e. The van der Waals surface area contributed by atoms with Crippen molar-refractivity contribution in [2.75, 3.05) is 5.32 Å². The minimum absolute atomic E-state index is 0.0215. The van der Waals surface area contributed by atoms with E-state index in [1.54, 1.807) is 12.1 Å². The van der Waals surface area contributed by atoms with Gasteiger partial charge in [-0.25, -0.2) is 13.8 Å². The molecule has 5 nitrogen and oxygen atoms in total. The molecule has 148 valence electrons. The molecule has 8 heteroatoms. The summed E-state index contributed by atoms with van der Waals surface area (Å²) in [6.07, 6.45) is 3.49. The highest BCUT2D eigenvalue weighted by molar-refractivity contribution is 7.17. The van der Waals surface area contributed by atoms with Crippen LogP contribution in [0.15, 0.2) is 48.7 Å². The van der Waals surface area contributed by atoms with Gasteiger partial charge >= 0.3 is 0 Å². The number of halogens is 2. The first-order valence-corrected chi connectivity index (χ1v) is 9.94. The number of nitrogens with one attached hydrogen (secondary N) is 2. The second-order valence-electron chi connectivity index (χ2n) is 6.72. The summed E-state index contributed by atoms with van der Waals surface area (Å²) in [6, 6.07) is 10.8. The Balaban J connectivity index is 1.51. The predicted octanol–water partition coefficient (Wildman–Crippen LogP) is 4.68. The van der Waals surface area contributed by atoms with Crippen LogP contribution in [0.2, 0.25) is 0 Å². The van der Waals surface area contributed by atoms with E-state index in [1.165, 1.54) is 12.3 Å². The fourth-order valence-electron chi connectivity index (χ4n) is 3.28. The Morgan fingerprint density at radius 1 is 1.17 bits per heavy atom. The van der Waals surface area contributed by atoms with Crippen molar-refractivity contribution in [2.45, 2.75) is 25.3 Å². The molecule has 1 aromatic heterocycles. The zero-order valence-electron chi connectivity index (χ0n) is 15.2. The van der Waals surface area contributed by atoms with Crippen molar-refractivity contribution < 1.29 is 18.4 Å². The zero-order chi connectivity index (χ0) is 20.4. The molecule has 1 fully saturated rings. The van der Waals surface area contributed by atoms with E-state index in [9.17, 15) is 18.4 Å². The van der Waals surface area contributed by atoms with Gasteiger partial charge in [-0.2, -0.15) is 0 Å². The van der Waals surface area contributed by atoms with Gasteiger partial charge in [0.15, 0.2) is 0 Å². The molecule has 1 atom stereocenters.